The molecule has 6 heteroatoms. The first-order valence-corrected chi connectivity index (χ1v) is 8.37. The third-order valence-corrected chi connectivity index (χ3v) is 3.65. The average molecular weight is 318 g/mol. The summed E-state index contributed by atoms with van der Waals surface area (Å²) in [5.41, 5.74) is 2.24. The Morgan fingerprint density at radius 1 is 1.32 bits per heavy atom. The largest absolute Gasteiger partial charge is 0.478 e. The average Bonchev–Trinajstić information content (AvgIpc) is 3.05. The third-order valence-electron chi connectivity index (χ3n) is 2.92. The lowest BCUT2D eigenvalue weighted by molar-refractivity contribution is 0.322. The monoisotopic (exact) mass is 318 g/mol. The summed E-state index contributed by atoms with van der Waals surface area (Å²) < 4.78 is 5.54. The van der Waals surface area contributed by atoms with Gasteiger partial charge >= 0.3 is 0 Å². The molecule has 0 bridgehead atoms. The smallest absolute Gasteiger partial charge is 0.218 e. The maximum absolute atomic E-state index is 5.54. The van der Waals surface area contributed by atoms with Gasteiger partial charge in [-0.25, -0.2) is 9.98 Å². The lowest BCUT2D eigenvalue weighted by Crippen LogP contribution is -2.36. The van der Waals surface area contributed by atoms with E-state index in [-0.39, 0.29) is 0 Å². The van der Waals surface area contributed by atoms with Gasteiger partial charge in [0, 0.05) is 24.8 Å². The van der Waals surface area contributed by atoms with Crippen molar-refractivity contribution in [3.8, 4) is 5.88 Å². The molecule has 2 N–H and O–H groups in total. The molecule has 2 aromatic rings. The van der Waals surface area contributed by atoms with Crippen molar-refractivity contribution in [3.05, 3.63) is 46.3 Å². The zero-order valence-electron chi connectivity index (χ0n) is 13.0. The molecule has 0 aliphatic carbocycles. The number of aromatic nitrogens is 1. The summed E-state index contributed by atoms with van der Waals surface area (Å²) in [5.74, 6) is 1.46. The zero-order valence-corrected chi connectivity index (χ0v) is 13.8. The van der Waals surface area contributed by atoms with E-state index in [0.29, 0.717) is 25.6 Å². The van der Waals surface area contributed by atoms with Gasteiger partial charge in [-0.2, -0.15) is 11.3 Å². The van der Waals surface area contributed by atoms with Crippen LogP contribution in [-0.4, -0.2) is 24.1 Å². The van der Waals surface area contributed by atoms with Crippen LogP contribution in [0.4, 0.5) is 0 Å². The van der Waals surface area contributed by atoms with Gasteiger partial charge in [0.1, 0.15) is 0 Å². The number of guanidine groups is 1. The van der Waals surface area contributed by atoms with Gasteiger partial charge in [-0.1, -0.05) is 6.07 Å². The number of pyridine rings is 1. The number of ether oxygens (including phenoxy) is 1. The van der Waals surface area contributed by atoms with Gasteiger partial charge < -0.3 is 15.4 Å². The Bertz CT molecular complexity index is 584. The maximum atomic E-state index is 5.54. The van der Waals surface area contributed by atoms with Crippen molar-refractivity contribution in [3.63, 3.8) is 0 Å². The van der Waals surface area contributed by atoms with E-state index in [4.69, 9.17) is 4.74 Å². The first kappa shape index (κ1) is 16.3. The number of thiophene rings is 1. The second-order valence-electron chi connectivity index (χ2n) is 4.58. The van der Waals surface area contributed by atoms with E-state index in [0.717, 1.165) is 18.1 Å². The molecule has 0 aromatic carbocycles. The van der Waals surface area contributed by atoms with Gasteiger partial charge in [0.25, 0.3) is 0 Å². The second kappa shape index (κ2) is 9.04. The molecule has 0 aliphatic rings. The summed E-state index contributed by atoms with van der Waals surface area (Å²) in [5, 5.41) is 10.7. The maximum Gasteiger partial charge on any atom is 0.218 e. The number of hydrogen-bond acceptors (Lipinski definition) is 4. The van der Waals surface area contributed by atoms with Crippen LogP contribution in [0, 0.1) is 0 Å². The number of rotatable bonds is 7. The molecule has 2 rings (SSSR count). The normalized spacial score (nSPS) is 11.3. The van der Waals surface area contributed by atoms with Crippen LogP contribution in [0.1, 0.15) is 25.0 Å². The second-order valence-corrected chi connectivity index (χ2v) is 5.36. The molecular formula is C16H22N4OS. The highest BCUT2D eigenvalue weighted by Crippen LogP contribution is 2.13. The molecule has 0 spiro atoms. The molecule has 0 atom stereocenters. The number of nitrogens with one attached hydrogen (secondary N) is 2. The van der Waals surface area contributed by atoms with E-state index >= 15 is 0 Å². The quantitative estimate of drug-likeness (QED) is 0.609. The molecule has 0 unspecified atom stereocenters. The third kappa shape index (κ3) is 5.04. The molecular weight excluding hydrogens is 296 g/mol. The van der Waals surface area contributed by atoms with E-state index < -0.39 is 0 Å². The lowest BCUT2D eigenvalue weighted by atomic mass is 10.2. The molecule has 118 valence electrons. The van der Waals surface area contributed by atoms with Gasteiger partial charge in [-0.3, -0.25) is 0 Å². The van der Waals surface area contributed by atoms with Crippen LogP contribution in [0.3, 0.4) is 0 Å². The van der Waals surface area contributed by atoms with Crippen molar-refractivity contribution in [2.24, 2.45) is 4.99 Å². The molecule has 0 amide bonds. The minimum Gasteiger partial charge on any atom is -0.478 e. The topological polar surface area (TPSA) is 58.5 Å². The standard InChI is InChI=1S/C16H22N4OS/c1-3-17-16(19-10-13-7-9-22-12-13)20-11-14-6-5-8-18-15(14)21-4-2/h5-9,12H,3-4,10-11H2,1-2H3,(H2,17,19,20). The van der Waals surface area contributed by atoms with Crippen LogP contribution in [0.2, 0.25) is 0 Å². The Morgan fingerprint density at radius 3 is 2.95 bits per heavy atom. The van der Waals surface area contributed by atoms with E-state index in [1.54, 1.807) is 17.5 Å². The minimum atomic E-state index is 0.607. The number of aliphatic imine (C=N–C) groups is 1. The summed E-state index contributed by atoms with van der Waals surface area (Å²) >= 11 is 1.69. The van der Waals surface area contributed by atoms with Gasteiger partial charge in [0.2, 0.25) is 5.88 Å². The van der Waals surface area contributed by atoms with Crippen LogP contribution in [0.15, 0.2) is 40.1 Å². The summed E-state index contributed by atoms with van der Waals surface area (Å²) in [6.45, 7) is 6.73. The Labute approximate surface area is 135 Å². The first-order chi connectivity index (χ1) is 10.8. The van der Waals surface area contributed by atoms with Crippen LogP contribution < -0.4 is 15.4 Å². The Hall–Kier alpha value is -2.08. The molecule has 0 saturated heterocycles. The highest BCUT2D eigenvalue weighted by Gasteiger charge is 2.05. The van der Waals surface area contributed by atoms with Crippen molar-refractivity contribution < 1.29 is 4.74 Å². The van der Waals surface area contributed by atoms with E-state index in [2.05, 4.69) is 44.4 Å². The molecule has 22 heavy (non-hydrogen) atoms. The molecule has 2 heterocycles. The van der Waals surface area contributed by atoms with E-state index in [9.17, 15) is 0 Å². The van der Waals surface area contributed by atoms with Gasteiger partial charge in [0.05, 0.1) is 13.2 Å². The molecule has 0 radical (unpaired) electrons. The molecule has 0 fully saturated rings. The SMILES string of the molecule is CCNC(=NCc1ccsc1)NCc1cccnc1OCC. The van der Waals surface area contributed by atoms with Crippen molar-refractivity contribution in [2.75, 3.05) is 13.2 Å². The van der Waals surface area contributed by atoms with Crippen LogP contribution in [0.5, 0.6) is 5.88 Å². The molecule has 5 nitrogen and oxygen atoms in total. The summed E-state index contributed by atoms with van der Waals surface area (Å²) in [6.07, 6.45) is 1.74. The lowest BCUT2D eigenvalue weighted by Gasteiger charge is -2.13. The minimum absolute atomic E-state index is 0.607. The molecule has 0 saturated carbocycles. The van der Waals surface area contributed by atoms with E-state index in [1.807, 2.05) is 19.1 Å². The Morgan fingerprint density at radius 2 is 2.23 bits per heavy atom. The highest BCUT2D eigenvalue weighted by molar-refractivity contribution is 7.07. The fraction of sp³-hybridized carbons (Fsp3) is 0.375. The fourth-order valence-corrected chi connectivity index (χ4v) is 2.56. The van der Waals surface area contributed by atoms with Crippen LogP contribution in [-0.2, 0) is 13.1 Å². The predicted molar refractivity (Wildman–Crippen MR) is 91.4 cm³/mol. The molecule has 0 aliphatic heterocycles. The van der Waals surface area contributed by atoms with Crippen molar-refractivity contribution in [1.29, 1.82) is 0 Å². The van der Waals surface area contributed by atoms with Gasteiger partial charge in [-0.05, 0) is 42.3 Å². The van der Waals surface area contributed by atoms with E-state index in [1.165, 1.54) is 5.56 Å². The van der Waals surface area contributed by atoms with Crippen molar-refractivity contribution >= 4 is 17.3 Å². The summed E-state index contributed by atoms with van der Waals surface area (Å²) in [7, 11) is 0. The number of nitrogens with zero attached hydrogens (tertiary/aromatic N) is 2. The first-order valence-electron chi connectivity index (χ1n) is 7.43. The molecule has 2 aromatic heterocycles. The van der Waals surface area contributed by atoms with Crippen LogP contribution in [0.25, 0.3) is 0 Å². The summed E-state index contributed by atoms with van der Waals surface area (Å²) in [4.78, 5) is 8.84. The van der Waals surface area contributed by atoms with Crippen molar-refractivity contribution in [2.45, 2.75) is 26.9 Å². The fourth-order valence-electron chi connectivity index (χ4n) is 1.90. The van der Waals surface area contributed by atoms with Gasteiger partial charge in [0.15, 0.2) is 5.96 Å². The summed E-state index contributed by atoms with van der Waals surface area (Å²) in [6, 6.07) is 6.01. The zero-order chi connectivity index (χ0) is 15.6. The Balaban J connectivity index is 1.98. The predicted octanol–water partition coefficient (Wildman–Crippen LogP) is 2.80. The van der Waals surface area contributed by atoms with Crippen LogP contribution >= 0.6 is 11.3 Å². The van der Waals surface area contributed by atoms with Gasteiger partial charge in [-0.15, -0.1) is 0 Å². The highest BCUT2D eigenvalue weighted by atomic mass is 32.1. The van der Waals surface area contributed by atoms with Crippen molar-refractivity contribution in [1.82, 2.24) is 15.6 Å². The Kier molecular flexibility index (Phi) is 6.70. The number of hydrogen-bond donors (Lipinski definition) is 2.